The van der Waals surface area contributed by atoms with Gasteiger partial charge in [-0.3, -0.25) is 0 Å². The van der Waals surface area contributed by atoms with Crippen LogP contribution in [0, 0.1) is 11.8 Å². The van der Waals surface area contributed by atoms with Crippen LogP contribution >= 0.6 is 0 Å². The molecule has 3 heteroatoms. The molecule has 1 aromatic carbocycles. The molecule has 0 aromatic heterocycles. The number of carboxylic acid groups (broad SMARTS) is 1. The highest BCUT2D eigenvalue weighted by Crippen LogP contribution is 2.31. The van der Waals surface area contributed by atoms with E-state index in [1.165, 1.54) is 12.8 Å². The lowest BCUT2D eigenvalue weighted by molar-refractivity contribution is 0.0698. The van der Waals surface area contributed by atoms with E-state index < -0.39 is 5.97 Å². The third-order valence-electron chi connectivity index (χ3n) is 4.23. The zero-order chi connectivity index (χ0) is 13.8. The van der Waals surface area contributed by atoms with Gasteiger partial charge in [0.1, 0.15) is 0 Å². The monoisotopic (exact) mass is 261 g/mol. The van der Waals surface area contributed by atoms with Crippen LogP contribution in [0.2, 0.25) is 0 Å². The van der Waals surface area contributed by atoms with E-state index in [4.69, 9.17) is 5.11 Å². The molecule has 1 aliphatic rings. The van der Waals surface area contributed by atoms with Gasteiger partial charge in [-0.05, 0) is 49.7 Å². The number of anilines is 1. The van der Waals surface area contributed by atoms with Gasteiger partial charge in [-0.1, -0.05) is 26.0 Å². The number of rotatable bonds is 4. The highest BCUT2D eigenvalue weighted by Gasteiger charge is 2.23. The first-order valence-electron chi connectivity index (χ1n) is 7.16. The van der Waals surface area contributed by atoms with Crippen molar-refractivity contribution < 1.29 is 9.90 Å². The Hall–Kier alpha value is -1.51. The van der Waals surface area contributed by atoms with E-state index in [-0.39, 0.29) is 0 Å². The van der Waals surface area contributed by atoms with Gasteiger partial charge in [-0.2, -0.15) is 0 Å². The summed E-state index contributed by atoms with van der Waals surface area (Å²) in [5.41, 5.74) is 1.12. The summed E-state index contributed by atoms with van der Waals surface area (Å²) in [6.45, 7) is 4.58. The van der Waals surface area contributed by atoms with Gasteiger partial charge in [0.15, 0.2) is 0 Å². The SMILES string of the molecule is CC(C)C1CCC(Nc2ccccc2C(=O)O)CC1. The number of hydrogen-bond donors (Lipinski definition) is 2. The first kappa shape index (κ1) is 13.9. The lowest BCUT2D eigenvalue weighted by Gasteiger charge is -2.32. The largest absolute Gasteiger partial charge is 0.478 e. The van der Waals surface area contributed by atoms with Gasteiger partial charge in [-0.25, -0.2) is 4.79 Å². The number of hydrogen-bond acceptors (Lipinski definition) is 2. The second kappa shape index (κ2) is 6.09. The number of nitrogens with one attached hydrogen (secondary N) is 1. The van der Waals surface area contributed by atoms with Gasteiger partial charge in [-0.15, -0.1) is 0 Å². The van der Waals surface area contributed by atoms with Crippen LogP contribution in [-0.4, -0.2) is 17.1 Å². The second-order valence-electron chi connectivity index (χ2n) is 5.85. The molecule has 0 radical (unpaired) electrons. The standard InChI is InChI=1S/C16H23NO2/c1-11(2)12-7-9-13(10-8-12)17-15-6-4-3-5-14(15)16(18)19/h3-6,11-13,17H,7-10H2,1-2H3,(H,18,19). The smallest absolute Gasteiger partial charge is 0.337 e. The van der Waals surface area contributed by atoms with Crippen molar-refractivity contribution in [2.45, 2.75) is 45.6 Å². The number of carbonyl (C=O) groups is 1. The lowest BCUT2D eigenvalue weighted by atomic mass is 9.79. The summed E-state index contributed by atoms with van der Waals surface area (Å²) >= 11 is 0. The molecule has 1 aliphatic carbocycles. The van der Waals surface area contributed by atoms with Gasteiger partial charge < -0.3 is 10.4 Å². The minimum Gasteiger partial charge on any atom is -0.478 e. The van der Waals surface area contributed by atoms with Gasteiger partial charge >= 0.3 is 5.97 Å². The maximum Gasteiger partial charge on any atom is 0.337 e. The van der Waals surface area contributed by atoms with E-state index >= 15 is 0 Å². The van der Waals surface area contributed by atoms with Crippen LogP contribution < -0.4 is 5.32 Å². The topological polar surface area (TPSA) is 49.3 Å². The molecule has 0 amide bonds. The Morgan fingerprint density at radius 3 is 2.42 bits per heavy atom. The summed E-state index contributed by atoms with van der Waals surface area (Å²) in [6.07, 6.45) is 4.75. The molecule has 1 saturated carbocycles. The van der Waals surface area contributed by atoms with Crippen molar-refractivity contribution in [2.75, 3.05) is 5.32 Å². The second-order valence-corrected chi connectivity index (χ2v) is 5.85. The van der Waals surface area contributed by atoms with E-state index in [0.29, 0.717) is 11.6 Å². The quantitative estimate of drug-likeness (QED) is 0.861. The summed E-state index contributed by atoms with van der Waals surface area (Å²) in [4.78, 5) is 11.2. The maximum absolute atomic E-state index is 11.2. The summed E-state index contributed by atoms with van der Waals surface area (Å²) in [6, 6.07) is 7.58. The van der Waals surface area contributed by atoms with E-state index in [0.717, 1.165) is 30.4 Å². The average Bonchev–Trinajstić information content (AvgIpc) is 2.39. The Balaban J connectivity index is 1.98. The summed E-state index contributed by atoms with van der Waals surface area (Å²) in [7, 11) is 0. The van der Waals surface area contributed by atoms with E-state index in [9.17, 15) is 4.79 Å². The molecule has 0 atom stereocenters. The Morgan fingerprint density at radius 2 is 1.84 bits per heavy atom. The van der Waals surface area contributed by atoms with Crippen molar-refractivity contribution in [3.63, 3.8) is 0 Å². The van der Waals surface area contributed by atoms with Crippen LogP contribution in [-0.2, 0) is 0 Å². The third kappa shape index (κ3) is 3.49. The molecule has 104 valence electrons. The molecular weight excluding hydrogens is 238 g/mol. The molecule has 2 rings (SSSR count). The van der Waals surface area contributed by atoms with Crippen molar-refractivity contribution in [3.05, 3.63) is 29.8 Å². The van der Waals surface area contributed by atoms with Crippen LogP contribution in [0.3, 0.4) is 0 Å². The Labute approximate surface area is 115 Å². The van der Waals surface area contributed by atoms with Crippen molar-refractivity contribution in [1.29, 1.82) is 0 Å². The highest BCUT2D eigenvalue weighted by atomic mass is 16.4. The highest BCUT2D eigenvalue weighted by molar-refractivity contribution is 5.94. The molecule has 0 spiro atoms. The average molecular weight is 261 g/mol. The van der Waals surface area contributed by atoms with Crippen LogP contribution in [0.4, 0.5) is 5.69 Å². The molecule has 0 bridgehead atoms. The van der Waals surface area contributed by atoms with Gasteiger partial charge in [0.2, 0.25) is 0 Å². The van der Waals surface area contributed by atoms with Crippen molar-refractivity contribution in [3.8, 4) is 0 Å². The fourth-order valence-electron chi connectivity index (χ4n) is 2.95. The van der Waals surface area contributed by atoms with Crippen molar-refractivity contribution >= 4 is 11.7 Å². The molecule has 1 aromatic rings. The molecule has 0 unspecified atom stereocenters. The van der Waals surface area contributed by atoms with Crippen molar-refractivity contribution in [2.24, 2.45) is 11.8 Å². The Morgan fingerprint density at radius 1 is 1.21 bits per heavy atom. The molecule has 2 N–H and O–H groups in total. The van der Waals surface area contributed by atoms with Crippen LogP contribution in [0.5, 0.6) is 0 Å². The molecule has 0 aliphatic heterocycles. The molecule has 1 fully saturated rings. The lowest BCUT2D eigenvalue weighted by Crippen LogP contribution is -2.28. The van der Waals surface area contributed by atoms with E-state index in [2.05, 4.69) is 19.2 Å². The summed E-state index contributed by atoms with van der Waals surface area (Å²) in [5, 5.41) is 12.6. The molecule has 3 nitrogen and oxygen atoms in total. The number of aromatic carboxylic acids is 1. The molecule has 19 heavy (non-hydrogen) atoms. The van der Waals surface area contributed by atoms with Crippen LogP contribution in [0.15, 0.2) is 24.3 Å². The predicted octanol–water partition coefficient (Wildman–Crippen LogP) is 4.01. The Kier molecular flexibility index (Phi) is 4.46. The predicted molar refractivity (Wildman–Crippen MR) is 77.6 cm³/mol. The first-order chi connectivity index (χ1) is 9.08. The number of carboxylic acids is 1. The van der Waals surface area contributed by atoms with E-state index in [1.54, 1.807) is 12.1 Å². The minimum absolute atomic E-state index is 0.369. The first-order valence-corrected chi connectivity index (χ1v) is 7.16. The zero-order valence-corrected chi connectivity index (χ0v) is 11.7. The van der Waals surface area contributed by atoms with Crippen LogP contribution in [0.1, 0.15) is 49.9 Å². The van der Waals surface area contributed by atoms with Gasteiger partial charge in [0.05, 0.1) is 5.56 Å². The summed E-state index contributed by atoms with van der Waals surface area (Å²) in [5.74, 6) is 0.721. The molecular formula is C16H23NO2. The fourth-order valence-corrected chi connectivity index (χ4v) is 2.95. The van der Waals surface area contributed by atoms with Crippen molar-refractivity contribution in [1.82, 2.24) is 0 Å². The molecule has 0 heterocycles. The summed E-state index contributed by atoms with van der Waals surface area (Å²) < 4.78 is 0. The normalized spacial score (nSPS) is 23.3. The minimum atomic E-state index is -0.862. The van der Waals surface area contributed by atoms with Gasteiger partial charge in [0, 0.05) is 11.7 Å². The zero-order valence-electron chi connectivity index (χ0n) is 11.7. The maximum atomic E-state index is 11.2. The molecule has 0 saturated heterocycles. The Bertz CT molecular complexity index is 434. The van der Waals surface area contributed by atoms with Crippen LogP contribution in [0.25, 0.3) is 0 Å². The number of para-hydroxylation sites is 1. The fraction of sp³-hybridized carbons (Fsp3) is 0.562. The van der Waals surface area contributed by atoms with Gasteiger partial charge in [0.25, 0.3) is 0 Å². The third-order valence-corrected chi connectivity index (χ3v) is 4.23. The van der Waals surface area contributed by atoms with E-state index in [1.807, 2.05) is 12.1 Å². The number of benzene rings is 1.